The minimum absolute atomic E-state index is 0.0469. The molecule has 0 aliphatic carbocycles. The lowest BCUT2D eigenvalue weighted by Crippen LogP contribution is -2.48. The number of halogens is 3. The van der Waals surface area contributed by atoms with Crippen LogP contribution < -0.4 is 4.74 Å². The van der Waals surface area contributed by atoms with E-state index in [9.17, 15) is 18.0 Å². The van der Waals surface area contributed by atoms with Crippen LogP contribution in [0.3, 0.4) is 0 Å². The summed E-state index contributed by atoms with van der Waals surface area (Å²) in [7, 11) is 0. The van der Waals surface area contributed by atoms with Crippen molar-refractivity contribution in [2.24, 2.45) is 0 Å². The second kappa shape index (κ2) is 9.92. The van der Waals surface area contributed by atoms with E-state index in [1.54, 1.807) is 35.2 Å². The molecule has 4 rings (SSSR count). The van der Waals surface area contributed by atoms with Crippen molar-refractivity contribution in [2.45, 2.75) is 31.7 Å². The van der Waals surface area contributed by atoms with E-state index in [4.69, 9.17) is 9.47 Å². The van der Waals surface area contributed by atoms with Crippen LogP contribution in [-0.4, -0.2) is 61.2 Å². The third-order valence-electron chi connectivity index (χ3n) is 5.88. The maximum atomic E-state index is 12.9. The van der Waals surface area contributed by atoms with Gasteiger partial charge in [0.05, 0.1) is 11.7 Å². The second-order valence-corrected chi connectivity index (χ2v) is 8.24. The van der Waals surface area contributed by atoms with Gasteiger partial charge >= 0.3 is 6.18 Å². The van der Waals surface area contributed by atoms with Crippen LogP contribution in [0, 0.1) is 0 Å². The maximum absolute atomic E-state index is 12.9. The summed E-state index contributed by atoms with van der Waals surface area (Å²) in [6, 6.07) is 12.5. The largest absolute Gasteiger partial charge is 0.491 e. The van der Waals surface area contributed by atoms with Crippen LogP contribution >= 0.6 is 0 Å². The first kappa shape index (κ1) is 22.6. The summed E-state index contributed by atoms with van der Waals surface area (Å²) in [6.07, 6.45) is -2.12. The number of ether oxygens (including phenoxy) is 2. The molecular weight excluding hydrogens is 421 g/mol. The zero-order chi connectivity index (χ0) is 22.6. The van der Waals surface area contributed by atoms with Gasteiger partial charge in [-0.15, -0.1) is 0 Å². The number of benzene rings is 2. The molecule has 8 heteroatoms. The van der Waals surface area contributed by atoms with Gasteiger partial charge in [-0.2, -0.15) is 13.2 Å². The first-order valence-electron chi connectivity index (χ1n) is 10.9. The minimum atomic E-state index is -4.34. The molecule has 2 heterocycles. The van der Waals surface area contributed by atoms with E-state index < -0.39 is 11.7 Å². The van der Waals surface area contributed by atoms with Gasteiger partial charge in [0.25, 0.3) is 5.91 Å². The molecule has 0 bridgehead atoms. The standard InChI is InChI=1S/C24H27F3N2O3/c25-24(26,27)20-4-1-3-18(15-20)16-28-10-12-29(13-11-28)23(30)19-6-8-21(9-7-19)32-17-22-5-2-14-31-22/h1,3-4,6-9,15,22H,2,5,10-14,16-17H2. The molecular formula is C24H27F3N2O3. The minimum Gasteiger partial charge on any atom is -0.491 e. The van der Waals surface area contributed by atoms with Crippen molar-refractivity contribution >= 4 is 5.91 Å². The summed E-state index contributed by atoms with van der Waals surface area (Å²) in [6.45, 7) is 4.04. The van der Waals surface area contributed by atoms with Crippen LogP contribution in [0.25, 0.3) is 0 Å². The maximum Gasteiger partial charge on any atom is 0.416 e. The fourth-order valence-electron chi connectivity index (χ4n) is 4.05. The van der Waals surface area contributed by atoms with Gasteiger partial charge in [-0.05, 0) is 48.7 Å². The van der Waals surface area contributed by atoms with Gasteiger partial charge in [0.2, 0.25) is 0 Å². The van der Waals surface area contributed by atoms with Gasteiger partial charge in [0, 0.05) is 44.9 Å². The summed E-state index contributed by atoms with van der Waals surface area (Å²) in [5.74, 6) is 0.664. The van der Waals surface area contributed by atoms with E-state index in [0.717, 1.165) is 25.5 Å². The Bertz CT molecular complexity index is 903. The fourth-order valence-corrected chi connectivity index (χ4v) is 4.05. The Morgan fingerprint density at radius 2 is 1.81 bits per heavy atom. The SMILES string of the molecule is O=C(c1ccc(OCC2CCCO2)cc1)N1CCN(Cc2cccc(C(F)(F)F)c2)CC1. The number of alkyl halides is 3. The molecule has 0 N–H and O–H groups in total. The smallest absolute Gasteiger partial charge is 0.416 e. The normalized spacial score (nSPS) is 19.8. The number of amides is 1. The number of rotatable bonds is 6. The summed E-state index contributed by atoms with van der Waals surface area (Å²) in [5, 5.41) is 0. The summed E-state index contributed by atoms with van der Waals surface area (Å²) >= 11 is 0. The van der Waals surface area contributed by atoms with Gasteiger partial charge in [-0.3, -0.25) is 9.69 Å². The van der Waals surface area contributed by atoms with Crippen LogP contribution in [0.5, 0.6) is 5.75 Å². The molecule has 2 aliphatic rings. The average molecular weight is 448 g/mol. The highest BCUT2D eigenvalue weighted by atomic mass is 19.4. The molecule has 1 amide bonds. The van der Waals surface area contributed by atoms with Crippen LogP contribution in [0.4, 0.5) is 13.2 Å². The molecule has 1 atom stereocenters. The summed E-state index contributed by atoms with van der Waals surface area (Å²) in [5.41, 5.74) is 0.589. The monoisotopic (exact) mass is 448 g/mol. The number of carbonyl (C=O) groups excluding carboxylic acids is 1. The number of carbonyl (C=O) groups is 1. The lowest BCUT2D eigenvalue weighted by molar-refractivity contribution is -0.137. The van der Waals surface area contributed by atoms with E-state index in [1.165, 1.54) is 12.1 Å². The Balaban J connectivity index is 1.26. The second-order valence-electron chi connectivity index (χ2n) is 8.24. The van der Waals surface area contributed by atoms with E-state index in [1.807, 2.05) is 0 Å². The quantitative estimate of drug-likeness (QED) is 0.664. The highest BCUT2D eigenvalue weighted by Gasteiger charge is 2.30. The molecule has 2 aromatic rings. The molecule has 2 fully saturated rings. The van der Waals surface area contributed by atoms with Gasteiger partial charge in [0.15, 0.2) is 0 Å². The zero-order valence-electron chi connectivity index (χ0n) is 17.8. The molecule has 5 nitrogen and oxygen atoms in total. The van der Waals surface area contributed by atoms with Gasteiger partial charge in [0.1, 0.15) is 12.4 Å². The number of hydrogen-bond acceptors (Lipinski definition) is 4. The molecule has 2 aromatic carbocycles. The van der Waals surface area contributed by atoms with Crippen LogP contribution in [-0.2, 0) is 17.5 Å². The van der Waals surface area contributed by atoms with Crippen molar-refractivity contribution in [3.63, 3.8) is 0 Å². The van der Waals surface area contributed by atoms with E-state index in [0.29, 0.717) is 56.2 Å². The predicted molar refractivity (Wildman–Crippen MR) is 114 cm³/mol. The first-order chi connectivity index (χ1) is 15.4. The van der Waals surface area contributed by atoms with E-state index >= 15 is 0 Å². The van der Waals surface area contributed by atoms with Gasteiger partial charge in [-0.1, -0.05) is 18.2 Å². The first-order valence-corrected chi connectivity index (χ1v) is 10.9. The van der Waals surface area contributed by atoms with Crippen molar-refractivity contribution in [2.75, 3.05) is 39.4 Å². The van der Waals surface area contributed by atoms with Crippen LogP contribution in [0.15, 0.2) is 48.5 Å². The molecule has 0 spiro atoms. The third kappa shape index (κ3) is 5.81. The number of hydrogen-bond donors (Lipinski definition) is 0. The van der Waals surface area contributed by atoms with Crippen LogP contribution in [0.2, 0.25) is 0 Å². The van der Waals surface area contributed by atoms with Crippen molar-refractivity contribution in [3.8, 4) is 5.75 Å². The highest BCUT2D eigenvalue weighted by molar-refractivity contribution is 5.94. The highest BCUT2D eigenvalue weighted by Crippen LogP contribution is 2.30. The van der Waals surface area contributed by atoms with Gasteiger partial charge in [-0.25, -0.2) is 0 Å². The zero-order valence-corrected chi connectivity index (χ0v) is 17.8. The van der Waals surface area contributed by atoms with Crippen molar-refractivity contribution in [3.05, 3.63) is 65.2 Å². The molecule has 0 radical (unpaired) electrons. The molecule has 172 valence electrons. The Morgan fingerprint density at radius 3 is 2.47 bits per heavy atom. The van der Waals surface area contributed by atoms with Crippen molar-refractivity contribution in [1.82, 2.24) is 9.80 Å². The van der Waals surface area contributed by atoms with E-state index in [2.05, 4.69) is 4.90 Å². The average Bonchev–Trinajstić information content (AvgIpc) is 3.32. The summed E-state index contributed by atoms with van der Waals surface area (Å²) in [4.78, 5) is 16.7. The molecule has 2 aliphatic heterocycles. The molecule has 0 saturated carbocycles. The lowest BCUT2D eigenvalue weighted by Gasteiger charge is -2.35. The molecule has 2 saturated heterocycles. The predicted octanol–water partition coefficient (Wildman–Crippen LogP) is 4.22. The molecule has 1 unspecified atom stereocenters. The molecule has 0 aromatic heterocycles. The lowest BCUT2D eigenvalue weighted by atomic mass is 10.1. The molecule has 32 heavy (non-hydrogen) atoms. The topological polar surface area (TPSA) is 42.0 Å². The third-order valence-corrected chi connectivity index (χ3v) is 5.88. The number of piperazine rings is 1. The Labute approximate surface area is 185 Å². The Hall–Kier alpha value is -2.58. The summed E-state index contributed by atoms with van der Waals surface area (Å²) < 4.78 is 50.0. The fraction of sp³-hybridized carbons (Fsp3) is 0.458. The number of nitrogens with zero attached hydrogens (tertiary/aromatic N) is 2. The Morgan fingerprint density at radius 1 is 1.06 bits per heavy atom. The van der Waals surface area contributed by atoms with Crippen molar-refractivity contribution < 1.29 is 27.4 Å². The van der Waals surface area contributed by atoms with Crippen LogP contribution in [0.1, 0.15) is 34.3 Å². The Kier molecular flexibility index (Phi) is 7.01. The van der Waals surface area contributed by atoms with E-state index in [-0.39, 0.29) is 12.0 Å². The van der Waals surface area contributed by atoms with Crippen molar-refractivity contribution in [1.29, 1.82) is 0 Å². The van der Waals surface area contributed by atoms with Gasteiger partial charge < -0.3 is 14.4 Å².